The van der Waals surface area contributed by atoms with Crippen molar-refractivity contribution in [3.63, 3.8) is 0 Å². The Kier molecular flexibility index (Phi) is 7.80. The van der Waals surface area contributed by atoms with Gasteiger partial charge in [-0.15, -0.1) is 0 Å². The van der Waals surface area contributed by atoms with Crippen LogP contribution in [0.25, 0.3) is 0 Å². The van der Waals surface area contributed by atoms with Gasteiger partial charge in [-0.05, 0) is 24.5 Å². The summed E-state index contributed by atoms with van der Waals surface area (Å²) in [7, 11) is 0. The van der Waals surface area contributed by atoms with Crippen LogP contribution in [0.15, 0.2) is 18.3 Å². The highest BCUT2D eigenvalue weighted by Gasteiger charge is 2.29. The zero-order chi connectivity index (χ0) is 17.3. The molecular weight excluding hydrogens is 313 g/mol. The lowest BCUT2D eigenvalue weighted by molar-refractivity contribution is -0.154. The van der Waals surface area contributed by atoms with Crippen molar-refractivity contribution in [1.82, 2.24) is 10.3 Å². The number of amides is 1. The number of nitrogens with one attached hydrogen (secondary N) is 1. The van der Waals surface area contributed by atoms with Gasteiger partial charge in [-0.25, -0.2) is 4.98 Å². The summed E-state index contributed by atoms with van der Waals surface area (Å²) in [5, 5.41) is 2.60. The first-order valence-electron chi connectivity index (χ1n) is 7.30. The van der Waals surface area contributed by atoms with E-state index >= 15 is 0 Å². The lowest BCUT2D eigenvalue weighted by Crippen LogP contribution is -2.27. The monoisotopic (exact) mass is 334 g/mol. The molecule has 0 bridgehead atoms. The molecule has 0 atom stereocenters. The number of carbonyl (C=O) groups is 1. The minimum Gasteiger partial charge on any atom is -0.467 e. The summed E-state index contributed by atoms with van der Waals surface area (Å²) in [4.78, 5) is 15.6. The number of nitrogens with zero attached hydrogens (tertiary/aromatic N) is 1. The standard InChI is InChI=1S/C15H21F3N2O3/c1-11(2)9-22-8-4-7-19-13(21)12-5-3-6-20-14(12)23-10-15(16,17)18/h3,5-6,11H,4,7-10H2,1-2H3,(H,19,21). The second kappa shape index (κ2) is 9.34. The number of hydrogen-bond acceptors (Lipinski definition) is 4. The van der Waals surface area contributed by atoms with Crippen molar-refractivity contribution in [3.05, 3.63) is 23.9 Å². The fourth-order valence-corrected chi connectivity index (χ4v) is 1.62. The molecule has 0 aliphatic heterocycles. The molecule has 1 N–H and O–H groups in total. The molecule has 5 nitrogen and oxygen atoms in total. The quantitative estimate of drug-likeness (QED) is 0.706. The highest BCUT2D eigenvalue weighted by Crippen LogP contribution is 2.19. The van der Waals surface area contributed by atoms with Crippen LogP contribution in [0.3, 0.4) is 0 Å². The lowest BCUT2D eigenvalue weighted by Gasteiger charge is -2.12. The Balaban J connectivity index is 2.43. The number of ether oxygens (including phenoxy) is 2. The molecule has 0 unspecified atom stereocenters. The molecule has 1 heterocycles. The molecule has 0 spiro atoms. The molecule has 1 amide bonds. The molecule has 0 saturated heterocycles. The highest BCUT2D eigenvalue weighted by molar-refractivity contribution is 5.96. The molecule has 0 radical (unpaired) electrons. The average molecular weight is 334 g/mol. The lowest BCUT2D eigenvalue weighted by atomic mass is 10.2. The van der Waals surface area contributed by atoms with Crippen molar-refractivity contribution in [1.29, 1.82) is 0 Å². The summed E-state index contributed by atoms with van der Waals surface area (Å²) in [6.45, 7) is 4.08. The molecule has 8 heteroatoms. The highest BCUT2D eigenvalue weighted by atomic mass is 19.4. The van der Waals surface area contributed by atoms with E-state index in [0.29, 0.717) is 32.1 Å². The Morgan fingerprint density at radius 2 is 2.13 bits per heavy atom. The van der Waals surface area contributed by atoms with Crippen LogP contribution in [-0.4, -0.2) is 43.4 Å². The summed E-state index contributed by atoms with van der Waals surface area (Å²) in [6, 6.07) is 2.82. The Morgan fingerprint density at radius 1 is 1.39 bits per heavy atom. The first kappa shape index (κ1) is 19.2. The van der Waals surface area contributed by atoms with Crippen LogP contribution < -0.4 is 10.1 Å². The van der Waals surface area contributed by atoms with Gasteiger partial charge in [-0.1, -0.05) is 13.8 Å². The number of pyridine rings is 1. The molecule has 1 aromatic rings. The van der Waals surface area contributed by atoms with Gasteiger partial charge in [-0.3, -0.25) is 4.79 Å². The van der Waals surface area contributed by atoms with Crippen LogP contribution in [0.4, 0.5) is 13.2 Å². The largest absolute Gasteiger partial charge is 0.467 e. The van der Waals surface area contributed by atoms with E-state index in [4.69, 9.17) is 4.74 Å². The number of carbonyl (C=O) groups excluding carboxylic acids is 1. The number of aromatic nitrogens is 1. The van der Waals surface area contributed by atoms with Crippen LogP contribution in [-0.2, 0) is 4.74 Å². The van der Waals surface area contributed by atoms with Gasteiger partial charge in [0, 0.05) is 26.0 Å². The fourth-order valence-electron chi connectivity index (χ4n) is 1.62. The fraction of sp³-hybridized carbons (Fsp3) is 0.600. The summed E-state index contributed by atoms with van der Waals surface area (Å²) in [6.07, 6.45) is -2.61. The van der Waals surface area contributed by atoms with Crippen molar-refractivity contribution >= 4 is 5.91 Å². The van der Waals surface area contributed by atoms with E-state index in [9.17, 15) is 18.0 Å². The van der Waals surface area contributed by atoms with Crippen molar-refractivity contribution in [2.75, 3.05) is 26.4 Å². The smallest absolute Gasteiger partial charge is 0.422 e. The Morgan fingerprint density at radius 3 is 2.78 bits per heavy atom. The van der Waals surface area contributed by atoms with Crippen LogP contribution in [0.5, 0.6) is 5.88 Å². The maximum atomic E-state index is 12.2. The number of alkyl halides is 3. The maximum absolute atomic E-state index is 12.2. The van der Waals surface area contributed by atoms with E-state index in [2.05, 4.69) is 15.0 Å². The molecule has 0 fully saturated rings. The average Bonchev–Trinajstić information content (AvgIpc) is 2.47. The molecule has 0 saturated carbocycles. The Labute approximate surface area is 133 Å². The molecule has 0 aromatic carbocycles. The summed E-state index contributed by atoms with van der Waals surface area (Å²) >= 11 is 0. The predicted octanol–water partition coefficient (Wildman–Crippen LogP) is 2.82. The SMILES string of the molecule is CC(C)COCCCNC(=O)c1cccnc1OCC(F)(F)F. The maximum Gasteiger partial charge on any atom is 0.422 e. The van der Waals surface area contributed by atoms with Crippen LogP contribution in [0.2, 0.25) is 0 Å². The summed E-state index contributed by atoms with van der Waals surface area (Å²) in [5.41, 5.74) is -0.0279. The third-order valence-electron chi connectivity index (χ3n) is 2.59. The Bertz CT molecular complexity index is 493. The molecule has 130 valence electrons. The molecule has 1 rings (SSSR count). The first-order chi connectivity index (χ1) is 10.8. The van der Waals surface area contributed by atoms with Crippen LogP contribution in [0, 0.1) is 5.92 Å². The van der Waals surface area contributed by atoms with Crippen molar-refractivity contribution < 1.29 is 27.4 Å². The molecule has 0 aliphatic rings. The topological polar surface area (TPSA) is 60.5 Å². The zero-order valence-corrected chi connectivity index (χ0v) is 13.2. The molecular formula is C15H21F3N2O3. The minimum absolute atomic E-state index is 0.0279. The van der Waals surface area contributed by atoms with Gasteiger partial charge >= 0.3 is 6.18 Å². The van der Waals surface area contributed by atoms with Crippen molar-refractivity contribution in [2.45, 2.75) is 26.4 Å². The molecule has 0 aliphatic carbocycles. The van der Waals surface area contributed by atoms with Gasteiger partial charge < -0.3 is 14.8 Å². The van der Waals surface area contributed by atoms with Gasteiger partial charge in [0.05, 0.1) is 0 Å². The minimum atomic E-state index is -4.49. The van der Waals surface area contributed by atoms with E-state index < -0.39 is 18.7 Å². The number of rotatable bonds is 9. The van der Waals surface area contributed by atoms with E-state index in [1.54, 1.807) is 0 Å². The normalized spacial score (nSPS) is 11.6. The first-order valence-corrected chi connectivity index (χ1v) is 7.30. The number of halogens is 3. The summed E-state index contributed by atoms with van der Waals surface area (Å²) in [5.74, 6) is -0.425. The van der Waals surface area contributed by atoms with Crippen LogP contribution >= 0.6 is 0 Å². The van der Waals surface area contributed by atoms with Gasteiger partial charge in [0.2, 0.25) is 5.88 Å². The second-order valence-electron chi connectivity index (χ2n) is 5.34. The third-order valence-corrected chi connectivity index (χ3v) is 2.59. The van der Waals surface area contributed by atoms with Gasteiger partial charge in [0.1, 0.15) is 5.56 Å². The van der Waals surface area contributed by atoms with E-state index in [1.165, 1.54) is 18.3 Å². The summed E-state index contributed by atoms with van der Waals surface area (Å²) < 4.78 is 46.5. The molecule has 23 heavy (non-hydrogen) atoms. The third kappa shape index (κ3) is 8.39. The zero-order valence-electron chi connectivity index (χ0n) is 13.2. The second-order valence-corrected chi connectivity index (χ2v) is 5.34. The molecule has 1 aromatic heterocycles. The van der Waals surface area contributed by atoms with Gasteiger partial charge in [0.25, 0.3) is 5.91 Å². The van der Waals surface area contributed by atoms with Gasteiger partial charge in [0.15, 0.2) is 6.61 Å². The van der Waals surface area contributed by atoms with Gasteiger partial charge in [-0.2, -0.15) is 13.2 Å². The van der Waals surface area contributed by atoms with E-state index in [0.717, 1.165) is 0 Å². The van der Waals surface area contributed by atoms with E-state index in [1.807, 2.05) is 13.8 Å². The number of hydrogen-bond donors (Lipinski definition) is 1. The van der Waals surface area contributed by atoms with Crippen molar-refractivity contribution in [3.8, 4) is 5.88 Å². The Hall–Kier alpha value is -1.83. The van der Waals surface area contributed by atoms with Crippen LogP contribution in [0.1, 0.15) is 30.6 Å². The predicted molar refractivity (Wildman–Crippen MR) is 78.4 cm³/mol. The van der Waals surface area contributed by atoms with E-state index in [-0.39, 0.29) is 11.4 Å². The van der Waals surface area contributed by atoms with Crippen molar-refractivity contribution in [2.24, 2.45) is 5.92 Å².